The third-order valence-corrected chi connectivity index (χ3v) is 3.74. The van der Waals surface area contributed by atoms with E-state index in [2.05, 4.69) is 5.32 Å². The molecular weight excluding hydrogens is 284 g/mol. The fourth-order valence-electron chi connectivity index (χ4n) is 2.49. The molecule has 1 aromatic carbocycles. The number of nitrogens with one attached hydrogen (secondary N) is 1. The van der Waals surface area contributed by atoms with Crippen LogP contribution < -0.4 is 14.8 Å². The van der Waals surface area contributed by atoms with Gasteiger partial charge in [0.05, 0.1) is 19.8 Å². The van der Waals surface area contributed by atoms with Crippen LogP contribution in [0.5, 0.6) is 11.5 Å². The zero-order valence-electron chi connectivity index (χ0n) is 13.1. The van der Waals surface area contributed by atoms with Gasteiger partial charge in [-0.05, 0) is 25.0 Å². The third-order valence-electron chi connectivity index (χ3n) is 3.74. The summed E-state index contributed by atoms with van der Waals surface area (Å²) in [4.78, 5) is 25.9. The molecule has 2 amide bonds. The first-order valence-electron chi connectivity index (χ1n) is 7.43. The van der Waals surface area contributed by atoms with Gasteiger partial charge >= 0.3 is 0 Å². The lowest BCUT2D eigenvalue weighted by Crippen LogP contribution is -2.32. The van der Waals surface area contributed by atoms with Crippen LogP contribution in [0.15, 0.2) is 18.2 Å². The van der Waals surface area contributed by atoms with Crippen molar-refractivity contribution in [3.8, 4) is 11.5 Å². The van der Waals surface area contributed by atoms with Crippen molar-refractivity contribution in [2.24, 2.45) is 0 Å². The number of rotatable bonds is 6. The van der Waals surface area contributed by atoms with Crippen LogP contribution in [-0.4, -0.2) is 50.6 Å². The van der Waals surface area contributed by atoms with Crippen molar-refractivity contribution >= 4 is 11.8 Å². The first-order valence-corrected chi connectivity index (χ1v) is 7.43. The summed E-state index contributed by atoms with van der Waals surface area (Å²) in [5.74, 6) is 0.911. The van der Waals surface area contributed by atoms with Crippen LogP contribution in [-0.2, 0) is 4.79 Å². The van der Waals surface area contributed by atoms with E-state index in [9.17, 15) is 9.59 Å². The Morgan fingerprint density at radius 2 is 1.91 bits per heavy atom. The molecule has 6 nitrogen and oxygen atoms in total. The summed E-state index contributed by atoms with van der Waals surface area (Å²) in [5, 5.41) is 2.76. The number of hydrogen-bond donors (Lipinski definition) is 1. The molecule has 1 aliphatic rings. The van der Waals surface area contributed by atoms with Crippen molar-refractivity contribution in [2.45, 2.75) is 19.3 Å². The van der Waals surface area contributed by atoms with E-state index in [0.29, 0.717) is 30.0 Å². The van der Waals surface area contributed by atoms with E-state index in [1.54, 1.807) is 25.3 Å². The Hall–Kier alpha value is -2.24. The SMILES string of the molecule is COc1ccc(C(=O)NCCC(=O)N2CCCC2)c(OC)c1. The highest BCUT2D eigenvalue weighted by atomic mass is 16.5. The Morgan fingerprint density at radius 3 is 2.55 bits per heavy atom. The summed E-state index contributed by atoms with van der Waals surface area (Å²) in [5.41, 5.74) is 0.428. The predicted molar refractivity (Wildman–Crippen MR) is 82.3 cm³/mol. The Kier molecular flexibility index (Phi) is 5.63. The van der Waals surface area contributed by atoms with E-state index < -0.39 is 0 Å². The lowest BCUT2D eigenvalue weighted by molar-refractivity contribution is -0.129. The van der Waals surface area contributed by atoms with Crippen molar-refractivity contribution in [2.75, 3.05) is 33.9 Å². The van der Waals surface area contributed by atoms with E-state index >= 15 is 0 Å². The smallest absolute Gasteiger partial charge is 0.255 e. The fraction of sp³-hybridized carbons (Fsp3) is 0.500. The van der Waals surface area contributed by atoms with Crippen LogP contribution in [0.1, 0.15) is 29.6 Å². The molecule has 1 saturated heterocycles. The summed E-state index contributed by atoms with van der Waals surface area (Å²) in [6.45, 7) is 1.99. The molecule has 1 N–H and O–H groups in total. The Labute approximate surface area is 130 Å². The van der Waals surface area contributed by atoms with Gasteiger partial charge in [0.25, 0.3) is 5.91 Å². The highest BCUT2D eigenvalue weighted by molar-refractivity contribution is 5.97. The van der Waals surface area contributed by atoms with E-state index in [0.717, 1.165) is 25.9 Å². The van der Waals surface area contributed by atoms with Gasteiger partial charge in [-0.25, -0.2) is 0 Å². The highest BCUT2D eigenvalue weighted by Gasteiger charge is 2.18. The number of hydrogen-bond acceptors (Lipinski definition) is 4. The molecule has 0 aliphatic carbocycles. The van der Waals surface area contributed by atoms with Gasteiger partial charge in [-0.2, -0.15) is 0 Å². The van der Waals surface area contributed by atoms with E-state index in [1.165, 1.54) is 7.11 Å². The lowest BCUT2D eigenvalue weighted by Gasteiger charge is -2.15. The Morgan fingerprint density at radius 1 is 1.18 bits per heavy atom. The molecule has 1 heterocycles. The molecule has 1 fully saturated rings. The second-order valence-corrected chi connectivity index (χ2v) is 5.16. The molecule has 0 radical (unpaired) electrons. The van der Waals surface area contributed by atoms with Crippen molar-refractivity contribution < 1.29 is 19.1 Å². The molecule has 0 unspecified atom stereocenters. The Bertz CT molecular complexity index is 539. The number of methoxy groups -OCH3 is 2. The molecular formula is C16H22N2O4. The summed E-state index contributed by atoms with van der Waals surface area (Å²) in [6, 6.07) is 5.01. The van der Waals surface area contributed by atoms with Gasteiger partial charge in [-0.15, -0.1) is 0 Å². The maximum atomic E-state index is 12.2. The largest absolute Gasteiger partial charge is 0.497 e. The zero-order valence-corrected chi connectivity index (χ0v) is 13.1. The maximum Gasteiger partial charge on any atom is 0.255 e. The summed E-state index contributed by atoms with van der Waals surface area (Å²) in [7, 11) is 3.06. The first-order chi connectivity index (χ1) is 10.7. The number of ether oxygens (including phenoxy) is 2. The molecule has 0 atom stereocenters. The molecule has 6 heteroatoms. The maximum absolute atomic E-state index is 12.2. The molecule has 1 aliphatic heterocycles. The molecule has 22 heavy (non-hydrogen) atoms. The number of amides is 2. The van der Waals surface area contributed by atoms with Gasteiger partial charge in [0, 0.05) is 32.1 Å². The fourth-order valence-corrected chi connectivity index (χ4v) is 2.49. The van der Waals surface area contributed by atoms with Crippen LogP contribution in [0.4, 0.5) is 0 Å². The summed E-state index contributed by atoms with van der Waals surface area (Å²) in [6.07, 6.45) is 2.46. The summed E-state index contributed by atoms with van der Waals surface area (Å²) >= 11 is 0. The first kappa shape index (κ1) is 16.1. The van der Waals surface area contributed by atoms with Crippen molar-refractivity contribution in [1.82, 2.24) is 10.2 Å². The van der Waals surface area contributed by atoms with Crippen LogP contribution in [0.2, 0.25) is 0 Å². The van der Waals surface area contributed by atoms with Crippen LogP contribution in [0, 0.1) is 0 Å². The normalized spacial score (nSPS) is 13.8. The zero-order chi connectivity index (χ0) is 15.9. The lowest BCUT2D eigenvalue weighted by atomic mass is 10.1. The van der Waals surface area contributed by atoms with Gasteiger partial charge in [0.15, 0.2) is 0 Å². The van der Waals surface area contributed by atoms with Gasteiger partial charge < -0.3 is 19.7 Å². The van der Waals surface area contributed by atoms with E-state index in [-0.39, 0.29) is 11.8 Å². The van der Waals surface area contributed by atoms with Gasteiger partial charge in [0.1, 0.15) is 11.5 Å². The molecule has 1 aromatic rings. The molecule has 0 aromatic heterocycles. The van der Waals surface area contributed by atoms with E-state index in [1.807, 2.05) is 4.90 Å². The number of benzene rings is 1. The predicted octanol–water partition coefficient (Wildman–Crippen LogP) is 1.45. The van der Waals surface area contributed by atoms with Crippen LogP contribution in [0.25, 0.3) is 0 Å². The second kappa shape index (κ2) is 7.68. The van der Waals surface area contributed by atoms with E-state index in [4.69, 9.17) is 9.47 Å². The minimum absolute atomic E-state index is 0.0968. The third kappa shape index (κ3) is 3.90. The molecule has 0 spiro atoms. The highest BCUT2D eigenvalue weighted by Crippen LogP contribution is 2.24. The average molecular weight is 306 g/mol. The topological polar surface area (TPSA) is 67.9 Å². The second-order valence-electron chi connectivity index (χ2n) is 5.16. The minimum Gasteiger partial charge on any atom is -0.497 e. The number of likely N-dealkylation sites (tertiary alicyclic amines) is 1. The summed E-state index contributed by atoms with van der Waals surface area (Å²) < 4.78 is 10.3. The average Bonchev–Trinajstić information content (AvgIpc) is 3.08. The number of carbonyl (C=O) groups is 2. The monoisotopic (exact) mass is 306 g/mol. The molecule has 0 bridgehead atoms. The van der Waals surface area contributed by atoms with Crippen molar-refractivity contribution in [1.29, 1.82) is 0 Å². The quantitative estimate of drug-likeness (QED) is 0.863. The van der Waals surface area contributed by atoms with Crippen molar-refractivity contribution in [3.05, 3.63) is 23.8 Å². The molecule has 120 valence electrons. The van der Waals surface area contributed by atoms with Gasteiger partial charge in [0.2, 0.25) is 5.91 Å². The van der Waals surface area contributed by atoms with Crippen LogP contribution >= 0.6 is 0 Å². The van der Waals surface area contributed by atoms with Gasteiger partial charge in [-0.3, -0.25) is 9.59 Å². The molecule has 0 saturated carbocycles. The number of nitrogens with zero attached hydrogens (tertiary/aromatic N) is 1. The molecule has 2 rings (SSSR count). The Balaban J connectivity index is 1.87. The standard InChI is InChI=1S/C16H22N2O4/c1-21-12-5-6-13(14(11-12)22-2)16(20)17-8-7-15(19)18-9-3-4-10-18/h5-6,11H,3-4,7-10H2,1-2H3,(H,17,20). The van der Waals surface area contributed by atoms with Crippen molar-refractivity contribution in [3.63, 3.8) is 0 Å². The van der Waals surface area contributed by atoms with Gasteiger partial charge in [-0.1, -0.05) is 0 Å². The van der Waals surface area contributed by atoms with Crippen LogP contribution in [0.3, 0.4) is 0 Å². The minimum atomic E-state index is -0.256. The number of carbonyl (C=O) groups excluding carboxylic acids is 2.